The van der Waals surface area contributed by atoms with E-state index in [1.54, 1.807) is 14.2 Å². The molecule has 0 aliphatic carbocycles. The Balaban J connectivity index is 2.71. The van der Waals surface area contributed by atoms with Crippen LogP contribution in [0.4, 0.5) is 0 Å². The van der Waals surface area contributed by atoms with E-state index in [9.17, 15) is 0 Å². The van der Waals surface area contributed by atoms with Gasteiger partial charge < -0.3 is 9.47 Å². The molecule has 1 atom stereocenters. The third-order valence-electron chi connectivity index (χ3n) is 2.00. The van der Waals surface area contributed by atoms with Gasteiger partial charge in [-0.3, -0.25) is 0 Å². The number of ether oxygens (including phenoxy) is 2. The van der Waals surface area contributed by atoms with Crippen LogP contribution in [0.2, 0.25) is 0 Å². The van der Waals surface area contributed by atoms with Crippen molar-refractivity contribution in [3.63, 3.8) is 0 Å². The molecule has 0 saturated heterocycles. The van der Waals surface area contributed by atoms with E-state index < -0.39 is 0 Å². The first-order chi connectivity index (χ1) is 5.81. The Bertz CT molecular complexity index is 209. The lowest BCUT2D eigenvalue weighted by Gasteiger charge is -2.17. The summed E-state index contributed by atoms with van der Waals surface area (Å²) in [6.07, 6.45) is 3.17. The van der Waals surface area contributed by atoms with Crippen molar-refractivity contribution in [1.82, 2.24) is 0 Å². The van der Waals surface area contributed by atoms with Crippen LogP contribution in [-0.4, -0.2) is 26.7 Å². The monoisotopic (exact) mass is 169 g/mol. The summed E-state index contributed by atoms with van der Waals surface area (Å²) in [5.74, 6) is 1.87. The molecular weight excluding hydrogens is 154 g/mol. The van der Waals surface area contributed by atoms with E-state index in [0.29, 0.717) is 11.8 Å². The minimum Gasteiger partial charge on any atom is -0.491 e. The first-order valence-corrected chi connectivity index (χ1v) is 4.16. The summed E-state index contributed by atoms with van der Waals surface area (Å²) < 4.78 is 10.2. The molecule has 0 radical (unpaired) electrons. The Kier molecular flexibility index (Phi) is 3.14. The van der Waals surface area contributed by atoms with E-state index in [1.165, 1.54) is 0 Å². The van der Waals surface area contributed by atoms with E-state index in [0.717, 1.165) is 18.7 Å². The van der Waals surface area contributed by atoms with Crippen molar-refractivity contribution < 1.29 is 9.47 Å². The number of rotatable bonds is 2. The van der Waals surface area contributed by atoms with Crippen LogP contribution in [-0.2, 0) is 9.47 Å². The second-order valence-corrected chi connectivity index (χ2v) is 2.75. The van der Waals surface area contributed by atoms with Gasteiger partial charge in [-0.2, -0.15) is 0 Å². The molecule has 0 aromatic heterocycles. The summed E-state index contributed by atoms with van der Waals surface area (Å²) in [7, 11) is 3.25. The zero-order valence-corrected chi connectivity index (χ0v) is 7.83. The van der Waals surface area contributed by atoms with Crippen molar-refractivity contribution in [2.45, 2.75) is 13.3 Å². The maximum absolute atomic E-state index is 5.13. The molecule has 68 valence electrons. The molecule has 1 unspecified atom stereocenters. The van der Waals surface area contributed by atoms with E-state index >= 15 is 0 Å². The van der Waals surface area contributed by atoms with E-state index in [4.69, 9.17) is 9.47 Å². The Labute approximate surface area is 73.1 Å². The summed E-state index contributed by atoms with van der Waals surface area (Å²) in [4.78, 5) is 4.25. The molecule has 0 amide bonds. The third-order valence-corrected chi connectivity index (χ3v) is 2.00. The zero-order chi connectivity index (χ0) is 8.97. The highest BCUT2D eigenvalue weighted by atomic mass is 16.5. The van der Waals surface area contributed by atoms with Crippen LogP contribution in [0.1, 0.15) is 13.3 Å². The van der Waals surface area contributed by atoms with Gasteiger partial charge in [0.25, 0.3) is 5.90 Å². The predicted molar refractivity (Wildman–Crippen MR) is 48.2 cm³/mol. The van der Waals surface area contributed by atoms with Gasteiger partial charge in [0, 0.05) is 12.5 Å². The van der Waals surface area contributed by atoms with Crippen molar-refractivity contribution in [2.75, 3.05) is 20.8 Å². The largest absolute Gasteiger partial charge is 0.491 e. The Hall–Kier alpha value is -0.990. The number of aliphatic imine (C=N–C) groups is 1. The van der Waals surface area contributed by atoms with Gasteiger partial charge in [0.1, 0.15) is 0 Å². The highest BCUT2D eigenvalue weighted by molar-refractivity contribution is 5.92. The number of methoxy groups -OCH3 is 2. The van der Waals surface area contributed by atoms with Crippen molar-refractivity contribution in [3.05, 3.63) is 11.8 Å². The van der Waals surface area contributed by atoms with Gasteiger partial charge in [-0.1, -0.05) is 6.92 Å². The number of hydrogen-bond donors (Lipinski definition) is 0. The second-order valence-electron chi connectivity index (χ2n) is 2.75. The van der Waals surface area contributed by atoms with Gasteiger partial charge in [-0.15, -0.1) is 0 Å². The molecule has 1 aliphatic rings. The molecule has 0 aromatic carbocycles. The average molecular weight is 169 g/mol. The highest BCUT2D eigenvalue weighted by Gasteiger charge is 2.16. The molecule has 1 aliphatic heterocycles. The lowest BCUT2D eigenvalue weighted by Crippen LogP contribution is -2.17. The highest BCUT2D eigenvalue weighted by Crippen LogP contribution is 2.16. The van der Waals surface area contributed by atoms with Crippen LogP contribution in [0.15, 0.2) is 16.8 Å². The fourth-order valence-electron chi connectivity index (χ4n) is 1.18. The van der Waals surface area contributed by atoms with E-state index in [1.807, 2.05) is 0 Å². The van der Waals surface area contributed by atoms with Crippen LogP contribution in [0.25, 0.3) is 0 Å². The van der Waals surface area contributed by atoms with Gasteiger partial charge in [-0.25, -0.2) is 4.99 Å². The van der Waals surface area contributed by atoms with Crippen molar-refractivity contribution in [2.24, 2.45) is 10.9 Å². The van der Waals surface area contributed by atoms with Crippen molar-refractivity contribution in [1.29, 1.82) is 0 Å². The second kappa shape index (κ2) is 4.14. The zero-order valence-electron chi connectivity index (χ0n) is 7.83. The average Bonchev–Trinajstić information content (AvgIpc) is 2.16. The SMILES string of the molecule is CCC1C=C(OC)C(OC)=NC1. The Morgan fingerprint density at radius 2 is 2.25 bits per heavy atom. The minimum atomic E-state index is 0.499. The standard InChI is InChI=1S/C9H15NO2/c1-4-7-5-8(11-2)9(12-3)10-6-7/h5,7H,4,6H2,1-3H3. The third kappa shape index (κ3) is 1.78. The summed E-state index contributed by atoms with van der Waals surface area (Å²) >= 11 is 0. The van der Waals surface area contributed by atoms with Crippen LogP contribution < -0.4 is 0 Å². The lowest BCUT2D eigenvalue weighted by molar-refractivity contribution is 0.276. The number of dihydropyridines is 1. The number of hydrogen-bond acceptors (Lipinski definition) is 3. The van der Waals surface area contributed by atoms with Crippen LogP contribution in [0.3, 0.4) is 0 Å². The van der Waals surface area contributed by atoms with Crippen molar-refractivity contribution >= 4 is 5.90 Å². The quantitative estimate of drug-likeness (QED) is 0.628. The summed E-state index contributed by atoms with van der Waals surface area (Å²) in [5.41, 5.74) is 0. The Morgan fingerprint density at radius 1 is 1.50 bits per heavy atom. The van der Waals surface area contributed by atoms with Crippen LogP contribution in [0.5, 0.6) is 0 Å². The van der Waals surface area contributed by atoms with Gasteiger partial charge in [0.2, 0.25) is 0 Å². The molecule has 12 heavy (non-hydrogen) atoms. The maximum Gasteiger partial charge on any atom is 0.251 e. The lowest BCUT2D eigenvalue weighted by atomic mass is 10.0. The molecular formula is C9H15NO2. The molecule has 3 nitrogen and oxygen atoms in total. The maximum atomic E-state index is 5.13. The molecule has 1 rings (SSSR count). The van der Waals surface area contributed by atoms with Gasteiger partial charge in [-0.05, 0) is 12.5 Å². The topological polar surface area (TPSA) is 30.8 Å². The number of nitrogens with zero attached hydrogens (tertiary/aromatic N) is 1. The molecule has 0 N–H and O–H groups in total. The first-order valence-electron chi connectivity index (χ1n) is 4.16. The van der Waals surface area contributed by atoms with Gasteiger partial charge in [0.05, 0.1) is 14.2 Å². The molecule has 0 fully saturated rings. The Morgan fingerprint density at radius 3 is 2.75 bits per heavy atom. The normalized spacial score (nSPS) is 22.8. The van der Waals surface area contributed by atoms with Crippen LogP contribution >= 0.6 is 0 Å². The minimum absolute atomic E-state index is 0.499. The smallest absolute Gasteiger partial charge is 0.251 e. The fraction of sp³-hybridized carbons (Fsp3) is 0.667. The van der Waals surface area contributed by atoms with Gasteiger partial charge >= 0.3 is 0 Å². The predicted octanol–water partition coefficient (Wildman–Crippen LogP) is 1.60. The van der Waals surface area contributed by atoms with Crippen molar-refractivity contribution in [3.8, 4) is 0 Å². The molecule has 3 heteroatoms. The summed E-state index contributed by atoms with van der Waals surface area (Å²) in [6.45, 7) is 2.95. The summed E-state index contributed by atoms with van der Waals surface area (Å²) in [6, 6.07) is 0. The summed E-state index contributed by atoms with van der Waals surface area (Å²) in [5, 5.41) is 0. The fourth-order valence-corrected chi connectivity index (χ4v) is 1.18. The molecule has 0 saturated carbocycles. The molecule has 0 bridgehead atoms. The van der Waals surface area contributed by atoms with Crippen LogP contribution in [0, 0.1) is 5.92 Å². The molecule has 0 aromatic rings. The molecule has 1 heterocycles. The van der Waals surface area contributed by atoms with E-state index in [-0.39, 0.29) is 0 Å². The van der Waals surface area contributed by atoms with E-state index in [2.05, 4.69) is 18.0 Å². The first kappa shape index (κ1) is 9.10. The van der Waals surface area contributed by atoms with Gasteiger partial charge in [0.15, 0.2) is 5.76 Å². The molecule has 0 spiro atoms.